The van der Waals surface area contributed by atoms with Gasteiger partial charge in [-0.3, -0.25) is 0 Å². The van der Waals surface area contributed by atoms with Crippen molar-refractivity contribution >= 4 is 5.57 Å². The predicted octanol–water partition coefficient (Wildman–Crippen LogP) is 11.9. The van der Waals surface area contributed by atoms with Gasteiger partial charge in [-0.2, -0.15) is 0 Å². The minimum Gasteiger partial charge on any atom is -0.461 e. The first kappa shape index (κ1) is 34.9. The van der Waals surface area contributed by atoms with E-state index in [9.17, 15) is 0 Å². The first-order chi connectivity index (χ1) is 20.3. The Kier molecular flexibility index (Phi) is 15.2. The van der Waals surface area contributed by atoms with E-state index in [0.29, 0.717) is 29.4 Å². The number of ether oxygens (including phenoxy) is 1. The number of para-hydroxylation sites is 1. The van der Waals surface area contributed by atoms with Gasteiger partial charge >= 0.3 is 0 Å². The molecule has 42 heavy (non-hydrogen) atoms. The van der Waals surface area contributed by atoms with Gasteiger partial charge in [0.05, 0.1) is 0 Å². The smallest absolute Gasteiger partial charge is 0.239 e. The van der Waals surface area contributed by atoms with Crippen molar-refractivity contribution in [2.75, 3.05) is 0 Å². The minimum absolute atomic E-state index is 0.540. The summed E-state index contributed by atoms with van der Waals surface area (Å²) < 4.78 is 6.08. The van der Waals surface area contributed by atoms with Gasteiger partial charge in [-0.25, -0.2) is 0 Å². The first-order valence-electron chi connectivity index (χ1n) is 16.0. The lowest BCUT2D eigenvalue weighted by Crippen LogP contribution is -2.19. The van der Waals surface area contributed by atoms with E-state index in [-0.39, 0.29) is 0 Å². The zero-order chi connectivity index (χ0) is 31.1. The molecular formula is C39H54O3. The lowest BCUT2D eigenvalue weighted by Gasteiger charge is -2.24. The Morgan fingerprint density at radius 2 is 1.40 bits per heavy atom. The van der Waals surface area contributed by atoms with E-state index in [4.69, 9.17) is 14.5 Å². The van der Waals surface area contributed by atoms with Gasteiger partial charge in [0.2, 0.25) is 6.29 Å². The van der Waals surface area contributed by atoms with Gasteiger partial charge in [0.15, 0.2) is 5.75 Å². The van der Waals surface area contributed by atoms with Gasteiger partial charge in [-0.05, 0) is 65.3 Å². The Morgan fingerprint density at radius 3 is 1.98 bits per heavy atom. The maximum Gasteiger partial charge on any atom is 0.239 e. The predicted molar refractivity (Wildman–Crippen MR) is 181 cm³/mol. The Labute approximate surface area is 256 Å². The zero-order valence-corrected chi connectivity index (χ0v) is 27.7. The summed E-state index contributed by atoms with van der Waals surface area (Å²) in [6.45, 7) is 21.3. The maximum absolute atomic E-state index is 6.08. The van der Waals surface area contributed by atoms with Crippen molar-refractivity contribution in [1.29, 1.82) is 0 Å². The van der Waals surface area contributed by atoms with Gasteiger partial charge < -0.3 is 9.62 Å². The van der Waals surface area contributed by atoms with Crippen LogP contribution in [0.5, 0.6) is 11.5 Å². The molecule has 3 unspecified atom stereocenters. The Hall–Kier alpha value is -3.30. The van der Waals surface area contributed by atoms with Crippen LogP contribution in [0.1, 0.15) is 99.1 Å². The van der Waals surface area contributed by atoms with Crippen molar-refractivity contribution in [3.8, 4) is 22.6 Å². The summed E-state index contributed by atoms with van der Waals surface area (Å²) in [5.41, 5.74) is 5.57. The number of benzene rings is 3. The van der Waals surface area contributed by atoms with Gasteiger partial charge in [0, 0.05) is 18.1 Å². The van der Waals surface area contributed by atoms with Crippen molar-refractivity contribution in [3.63, 3.8) is 0 Å². The van der Waals surface area contributed by atoms with Crippen molar-refractivity contribution in [2.24, 2.45) is 17.8 Å². The number of hydrogen-bond acceptors (Lipinski definition) is 3. The quantitative estimate of drug-likeness (QED) is 0.130. The molecular weight excluding hydrogens is 516 g/mol. The Bertz CT molecular complexity index is 1220. The lowest BCUT2D eigenvalue weighted by atomic mass is 9.82. The molecule has 3 aromatic rings. The van der Waals surface area contributed by atoms with Crippen molar-refractivity contribution < 1.29 is 14.5 Å². The Balaban J connectivity index is 0.00000148. The standard InChI is InChI=1S/C35H42O3.2C2H6/c1-24(2)23-34(25(3)4)30-19-21-31(22-20-30)36-27(6)37-38-35-32(28-11-8-7-9-12-28)13-10-14-33(35)29-17-15-26(5)16-18-29;2*1-2/h7-15,17-22,24-27,34H,16,23H2,1-6H3;2*1-2H3. The summed E-state index contributed by atoms with van der Waals surface area (Å²) >= 11 is 0. The third-order valence-corrected chi connectivity index (χ3v) is 7.13. The molecule has 4 rings (SSSR count). The summed E-state index contributed by atoms with van der Waals surface area (Å²) in [6.07, 6.45) is 8.29. The van der Waals surface area contributed by atoms with E-state index in [1.165, 1.54) is 12.0 Å². The van der Waals surface area contributed by atoms with Crippen LogP contribution >= 0.6 is 0 Å². The highest BCUT2D eigenvalue weighted by Crippen LogP contribution is 2.39. The van der Waals surface area contributed by atoms with E-state index in [2.05, 4.69) is 95.3 Å². The molecule has 3 atom stereocenters. The van der Waals surface area contributed by atoms with E-state index < -0.39 is 6.29 Å². The van der Waals surface area contributed by atoms with Crippen molar-refractivity contribution in [1.82, 2.24) is 0 Å². The molecule has 3 aromatic carbocycles. The van der Waals surface area contributed by atoms with Crippen LogP contribution in [0.3, 0.4) is 0 Å². The average Bonchev–Trinajstić information content (AvgIpc) is 3.02. The molecule has 3 nitrogen and oxygen atoms in total. The molecule has 0 N–H and O–H groups in total. The molecule has 0 fully saturated rings. The van der Waals surface area contributed by atoms with Crippen LogP contribution in [0.4, 0.5) is 0 Å². The first-order valence-corrected chi connectivity index (χ1v) is 16.0. The Morgan fingerprint density at radius 1 is 0.762 bits per heavy atom. The highest BCUT2D eigenvalue weighted by molar-refractivity contribution is 5.84. The fourth-order valence-corrected chi connectivity index (χ4v) is 5.05. The normalized spacial score (nSPS) is 15.5. The van der Waals surface area contributed by atoms with Gasteiger partial charge in [0.25, 0.3) is 0 Å². The molecule has 0 heterocycles. The van der Waals surface area contributed by atoms with Gasteiger partial charge in [0.1, 0.15) is 5.75 Å². The second-order valence-electron chi connectivity index (χ2n) is 11.2. The SMILES string of the molecule is CC.CC.CC(C)CC(c1ccc(OC(C)OOc2c(C3=CCC(C)C=C3)cccc2-c2ccccc2)cc1)C(C)C. The summed E-state index contributed by atoms with van der Waals surface area (Å²) in [5, 5.41) is 0. The molecule has 0 spiro atoms. The van der Waals surface area contributed by atoms with Crippen molar-refractivity contribution in [2.45, 2.75) is 94.3 Å². The minimum atomic E-state index is -0.593. The maximum atomic E-state index is 6.08. The topological polar surface area (TPSA) is 27.7 Å². The molecule has 0 saturated heterocycles. The van der Waals surface area contributed by atoms with Crippen LogP contribution in [0.2, 0.25) is 0 Å². The van der Waals surface area contributed by atoms with E-state index >= 15 is 0 Å². The van der Waals surface area contributed by atoms with E-state index in [1.54, 1.807) is 0 Å². The van der Waals surface area contributed by atoms with E-state index in [0.717, 1.165) is 34.4 Å². The molecule has 3 heteroatoms. The zero-order valence-electron chi connectivity index (χ0n) is 27.7. The second kappa shape index (κ2) is 18.3. The van der Waals surface area contributed by atoms with Crippen molar-refractivity contribution in [3.05, 3.63) is 102 Å². The molecule has 1 aliphatic carbocycles. The van der Waals surface area contributed by atoms with E-state index in [1.807, 2.05) is 65.0 Å². The van der Waals surface area contributed by atoms with Crippen LogP contribution in [0, 0.1) is 17.8 Å². The molecule has 0 bridgehead atoms. The monoisotopic (exact) mass is 570 g/mol. The third kappa shape index (κ3) is 10.2. The number of hydrogen-bond donors (Lipinski definition) is 0. The van der Waals surface area contributed by atoms with Gasteiger partial charge in [-0.1, -0.05) is 141 Å². The molecule has 1 aliphatic rings. The van der Waals surface area contributed by atoms with Crippen LogP contribution in [-0.4, -0.2) is 6.29 Å². The molecule has 0 amide bonds. The van der Waals surface area contributed by atoms with Crippen LogP contribution < -0.4 is 9.62 Å². The molecule has 228 valence electrons. The fourth-order valence-electron chi connectivity index (χ4n) is 5.05. The third-order valence-electron chi connectivity index (χ3n) is 7.13. The highest BCUT2D eigenvalue weighted by atomic mass is 17.2. The summed E-state index contributed by atoms with van der Waals surface area (Å²) in [6, 6.07) is 24.9. The average molecular weight is 571 g/mol. The lowest BCUT2D eigenvalue weighted by molar-refractivity contribution is -0.289. The summed E-state index contributed by atoms with van der Waals surface area (Å²) in [7, 11) is 0. The summed E-state index contributed by atoms with van der Waals surface area (Å²) in [5.74, 6) is 3.80. The largest absolute Gasteiger partial charge is 0.461 e. The van der Waals surface area contributed by atoms with Gasteiger partial charge in [-0.15, -0.1) is 4.89 Å². The number of rotatable bonds is 11. The molecule has 0 saturated carbocycles. The van der Waals surface area contributed by atoms with Crippen LogP contribution in [0.15, 0.2) is 91.0 Å². The highest BCUT2D eigenvalue weighted by Gasteiger charge is 2.20. The fraction of sp³-hybridized carbons (Fsp3) is 0.436. The summed E-state index contributed by atoms with van der Waals surface area (Å²) in [4.78, 5) is 11.9. The molecule has 0 radical (unpaired) electrons. The number of allylic oxidation sites excluding steroid dienone is 4. The molecule has 0 aliphatic heterocycles. The van der Waals surface area contributed by atoms with Crippen LogP contribution in [-0.2, 0) is 4.89 Å². The van der Waals surface area contributed by atoms with Crippen LogP contribution in [0.25, 0.3) is 16.7 Å². The molecule has 0 aromatic heterocycles. The second-order valence-corrected chi connectivity index (χ2v) is 11.2.